The van der Waals surface area contributed by atoms with Crippen LogP contribution in [0.3, 0.4) is 0 Å². The van der Waals surface area contributed by atoms with Crippen molar-refractivity contribution in [2.45, 2.75) is 51.0 Å². The fraction of sp³-hybridized carbons (Fsp3) is 0.571. The van der Waals surface area contributed by atoms with Crippen molar-refractivity contribution in [1.29, 1.82) is 0 Å². The third-order valence-corrected chi connectivity index (χ3v) is 5.65. The van der Waals surface area contributed by atoms with Crippen molar-refractivity contribution in [3.8, 4) is 0 Å². The van der Waals surface area contributed by atoms with E-state index in [2.05, 4.69) is 4.72 Å². The molecule has 0 bridgehead atoms. The molecule has 1 aromatic carbocycles. The average Bonchev–Trinajstić information content (AvgIpc) is 2.43. The van der Waals surface area contributed by atoms with Crippen molar-refractivity contribution in [2.24, 2.45) is 5.73 Å². The molecular formula is C14H23N3O4S. The van der Waals surface area contributed by atoms with E-state index in [9.17, 15) is 18.5 Å². The van der Waals surface area contributed by atoms with Gasteiger partial charge in [0.15, 0.2) is 0 Å². The molecule has 3 N–H and O–H groups in total. The van der Waals surface area contributed by atoms with Crippen LogP contribution >= 0.6 is 0 Å². The number of hydrogen-bond acceptors (Lipinski definition) is 5. The summed E-state index contributed by atoms with van der Waals surface area (Å²) in [4.78, 5) is 10.4. The third-order valence-electron chi connectivity index (χ3n) is 3.95. The van der Waals surface area contributed by atoms with E-state index in [1.807, 2.05) is 13.8 Å². The molecule has 0 spiro atoms. The minimum absolute atomic E-state index is 0.0765. The van der Waals surface area contributed by atoms with Gasteiger partial charge in [-0.25, -0.2) is 13.1 Å². The van der Waals surface area contributed by atoms with Crippen LogP contribution in [0.2, 0.25) is 0 Å². The zero-order valence-electron chi connectivity index (χ0n) is 13.3. The molecule has 0 aliphatic heterocycles. The fourth-order valence-corrected chi connectivity index (χ4v) is 3.86. The summed E-state index contributed by atoms with van der Waals surface area (Å²) < 4.78 is 27.5. The number of rotatable bonds is 7. The van der Waals surface area contributed by atoms with Crippen molar-refractivity contribution in [3.63, 3.8) is 0 Å². The Hall–Kier alpha value is -1.51. The summed E-state index contributed by atoms with van der Waals surface area (Å²) in [5, 5.41) is 10.8. The van der Waals surface area contributed by atoms with E-state index >= 15 is 0 Å². The van der Waals surface area contributed by atoms with Crippen LogP contribution in [0.15, 0.2) is 17.0 Å². The summed E-state index contributed by atoms with van der Waals surface area (Å²) in [5.41, 5.74) is 6.07. The maximum Gasteiger partial charge on any atom is 0.270 e. The minimum Gasteiger partial charge on any atom is -0.324 e. The van der Waals surface area contributed by atoms with Crippen LogP contribution in [-0.4, -0.2) is 25.4 Å². The average molecular weight is 329 g/mol. The molecule has 0 aliphatic rings. The molecule has 8 heteroatoms. The van der Waals surface area contributed by atoms with Gasteiger partial charge in [-0.2, -0.15) is 0 Å². The molecule has 124 valence electrons. The molecule has 0 heterocycles. The monoisotopic (exact) mass is 329 g/mol. The summed E-state index contributed by atoms with van der Waals surface area (Å²) in [6, 6.07) is 2.52. The second-order valence-corrected chi connectivity index (χ2v) is 7.26. The van der Waals surface area contributed by atoms with Gasteiger partial charge in [-0.1, -0.05) is 13.8 Å². The number of sulfonamides is 1. The first kappa shape index (κ1) is 18.5. The lowest BCUT2D eigenvalue weighted by molar-refractivity contribution is -0.385. The molecule has 0 amide bonds. The van der Waals surface area contributed by atoms with Crippen LogP contribution in [0.5, 0.6) is 0 Å². The number of nitrogens with one attached hydrogen (secondary N) is 1. The number of nitro benzene ring substituents is 1. The smallest absolute Gasteiger partial charge is 0.270 e. The first-order chi connectivity index (χ1) is 10.1. The van der Waals surface area contributed by atoms with Gasteiger partial charge in [0.2, 0.25) is 10.0 Å². The van der Waals surface area contributed by atoms with E-state index in [-0.39, 0.29) is 17.1 Å². The fourth-order valence-electron chi connectivity index (χ4n) is 2.27. The van der Waals surface area contributed by atoms with Crippen LogP contribution in [0.25, 0.3) is 0 Å². The van der Waals surface area contributed by atoms with Crippen LogP contribution in [-0.2, 0) is 10.0 Å². The van der Waals surface area contributed by atoms with Gasteiger partial charge in [0, 0.05) is 24.2 Å². The number of benzene rings is 1. The predicted octanol–water partition coefficient (Wildman–Crippen LogP) is 2.01. The maximum atomic E-state index is 12.5. The van der Waals surface area contributed by atoms with Gasteiger partial charge in [0.05, 0.1) is 9.82 Å². The highest BCUT2D eigenvalue weighted by Gasteiger charge is 2.27. The topological polar surface area (TPSA) is 115 Å². The van der Waals surface area contributed by atoms with Gasteiger partial charge in [-0.05, 0) is 37.8 Å². The van der Waals surface area contributed by atoms with E-state index < -0.39 is 20.5 Å². The molecule has 0 aliphatic carbocycles. The van der Waals surface area contributed by atoms with Gasteiger partial charge in [-0.3, -0.25) is 10.1 Å². The molecular weight excluding hydrogens is 306 g/mol. The molecule has 7 nitrogen and oxygen atoms in total. The van der Waals surface area contributed by atoms with Gasteiger partial charge in [-0.15, -0.1) is 0 Å². The number of hydrogen-bond donors (Lipinski definition) is 2. The summed E-state index contributed by atoms with van der Waals surface area (Å²) >= 11 is 0. The SMILES string of the molecule is CCC(N)(CC)CNS(=O)(=O)c1c(C)cc([N+](=O)[O-])cc1C. The Kier molecular flexibility index (Phi) is 5.66. The summed E-state index contributed by atoms with van der Waals surface area (Å²) in [6.45, 7) is 7.02. The summed E-state index contributed by atoms with van der Waals surface area (Å²) in [6.07, 6.45) is 1.29. The normalized spacial score (nSPS) is 12.4. The lowest BCUT2D eigenvalue weighted by Gasteiger charge is -2.27. The van der Waals surface area contributed by atoms with Crippen LogP contribution in [0, 0.1) is 24.0 Å². The van der Waals surface area contributed by atoms with Crippen molar-refractivity contribution < 1.29 is 13.3 Å². The Morgan fingerprint density at radius 1 is 1.23 bits per heavy atom. The maximum absolute atomic E-state index is 12.5. The molecule has 1 rings (SSSR count). The third kappa shape index (κ3) is 4.02. The Morgan fingerprint density at radius 2 is 1.68 bits per heavy atom. The van der Waals surface area contributed by atoms with E-state index in [4.69, 9.17) is 5.73 Å². The van der Waals surface area contributed by atoms with Crippen molar-refractivity contribution >= 4 is 15.7 Å². The van der Waals surface area contributed by atoms with Crippen molar-refractivity contribution in [3.05, 3.63) is 33.4 Å². The Bertz CT molecular complexity index is 644. The summed E-state index contributed by atoms with van der Waals surface area (Å²) in [5.74, 6) is 0. The van der Waals surface area contributed by atoms with Crippen molar-refractivity contribution in [1.82, 2.24) is 4.72 Å². The number of nitrogens with zero attached hydrogens (tertiary/aromatic N) is 1. The lowest BCUT2D eigenvalue weighted by atomic mass is 9.95. The van der Waals surface area contributed by atoms with Gasteiger partial charge in [0.25, 0.3) is 5.69 Å². The van der Waals surface area contributed by atoms with Crippen molar-refractivity contribution in [2.75, 3.05) is 6.54 Å². The van der Waals surface area contributed by atoms with E-state index in [0.29, 0.717) is 24.0 Å². The quantitative estimate of drug-likeness (QED) is 0.586. The first-order valence-electron chi connectivity index (χ1n) is 7.10. The lowest BCUT2D eigenvalue weighted by Crippen LogP contribution is -2.49. The largest absolute Gasteiger partial charge is 0.324 e. The van der Waals surface area contributed by atoms with Crippen LogP contribution in [0.4, 0.5) is 5.69 Å². The molecule has 0 unspecified atom stereocenters. The first-order valence-corrected chi connectivity index (χ1v) is 8.59. The standard InChI is InChI=1S/C14H23N3O4S/c1-5-14(15,6-2)9-16-22(20,21)13-10(3)7-12(17(18)19)8-11(13)4/h7-8,16H,5-6,9,15H2,1-4H3. The molecule has 0 radical (unpaired) electrons. The van der Waals surface area contributed by atoms with E-state index in [1.54, 1.807) is 13.8 Å². The molecule has 22 heavy (non-hydrogen) atoms. The summed E-state index contributed by atoms with van der Waals surface area (Å²) in [7, 11) is -3.77. The van der Waals surface area contributed by atoms with E-state index in [1.165, 1.54) is 12.1 Å². The molecule has 0 saturated heterocycles. The van der Waals surface area contributed by atoms with E-state index in [0.717, 1.165) is 0 Å². The second-order valence-electron chi connectivity index (χ2n) is 5.56. The number of nitro groups is 1. The Balaban J connectivity index is 3.16. The molecule has 0 saturated carbocycles. The highest BCUT2D eigenvalue weighted by Crippen LogP contribution is 2.25. The number of nitrogens with two attached hydrogens (primary N) is 1. The molecule has 0 fully saturated rings. The highest BCUT2D eigenvalue weighted by molar-refractivity contribution is 7.89. The molecule has 0 aromatic heterocycles. The van der Waals surface area contributed by atoms with Gasteiger partial charge in [0.1, 0.15) is 0 Å². The minimum atomic E-state index is -3.77. The number of aryl methyl sites for hydroxylation is 2. The van der Waals surface area contributed by atoms with Crippen LogP contribution < -0.4 is 10.5 Å². The van der Waals surface area contributed by atoms with Gasteiger partial charge < -0.3 is 5.73 Å². The Labute approximate surface area is 131 Å². The zero-order chi connectivity index (χ0) is 17.1. The second kappa shape index (κ2) is 6.72. The zero-order valence-corrected chi connectivity index (χ0v) is 14.2. The highest BCUT2D eigenvalue weighted by atomic mass is 32.2. The molecule has 1 aromatic rings. The predicted molar refractivity (Wildman–Crippen MR) is 85.3 cm³/mol. The Morgan fingerprint density at radius 3 is 2.05 bits per heavy atom. The van der Waals surface area contributed by atoms with Crippen LogP contribution in [0.1, 0.15) is 37.8 Å². The molecule has 0 atom stereocenters. The number of non-ortho nitro benzene ring substituents is 1. The van der Waals surface area contributed by atoms with Gasteiger partial charge >= 0.3 is 0 Å².